The Labute approximate surface area is 137 Å². The Hall–Kier alpha value is -1.43. The first kappa shape index (κ1) is 18.6. The molecule has 0 fully saturated rings. The Morgan fingerprint density at radius 2 is 1.91 bits per heavy atom. The van der Waals surface area contributed by atoms with E-state index in [9.17, 15) is 9.59 Å². The molecule has 1 rings (SSSR count). The highest BCUT2D eigenvalue weighted by atomic mass is 32.1. The predicted molar refractivity (Wildman–Crippen MR) is 91.1 cm³/mol. The molecule has 1 aromatic heterocycles. The van der Waals surface area contributed by atoms with E-state index in [4.69, 9.17) is 0 Å². The van der Waals surface area contributed by atoms with E-state index in [2.05, 4.69) is 10.3 Å². The second-order valence-corrected chi connectivity index (χ2v) is 7.85. The zero-order valence-corrected chi connectivity index (χ0v) is 15.4. The molecule has 0 aromatic carbocycles. The minimum Gasteiger partial charge on any atom is -0.330 e. The van der Waals surface area contributed by atoms with E-state index in [1.807, 2.05) is 48.5 Å². The van der Waals surface area contributed by atoms with Crippen molar-refractivity contribution in [3.05, 3.63) is 10.6 Å². The third-order valence-corrected chi connectivity index (χ3v) is 4.60. The largest absolute Gasteiger partial charge is 0.330 e. The van der Waals surface area contributed by atoms with Crippen molar-refractivity contribution in [1.82, 2.24) is 9.88 Å². The molecule has 6 heteroatoms. The number of hydrogen-bond acceptors (Lipinski definition) is 4. The number of carbonyl (C=O) groups is 2. The van der Waals surface area contributed by atoms with Crippen molar-refractivity contribution < 1.29 is 9.59 Å². The van der Waals surface area contributed by atoms with Crippen molar-refractivity contribution >= 4 is 28.3 Å². The van der Waals surface area contributed by atoms with Gasteiger partial charge < -0.3 is 10.2 Å². The topological polar surface area (TPSA) is 62.3 Å². The number of rotatable bonds is 5. The van der Waals surface area contributed by atoms with Crippen molar-refractivity contribution in [3.8, 4) is 0 Å². The van der Waals surface area contributed by atoms with Crippen LogP contribution in [0, 0.1) is 19.3 Å². The number of carbonyl (C=O) groups excluding carboxylic acids is 2. The van der Waals surface area contributed by atoms with Gasteiger partial charge in [0.15, 0.2) is 5.13 Å². The molecule has 1 atom stereocenters. The molecule has 0 saturated heterocycles. The Bertz CT molecular complexity index is 527. The summed E-state index contributed by atoms with van der Waals surface area (Å²) >= 11 is 1.45. The monoisotopic (exact) mass is 325 g/mol. The smallest absolute Gasteiger partial charge is 0.245 e. The van der Waals surface area contributed by atoms with E-state index in [1.54, 1.807) is 4.90 Å². The second-order valence-electron chi connectivity index (χ2n) is 6.65. The van der Waals surface area contributed by atoms with Crippen LogP contribution in [0.4, 0.5) is 5.13 Å². The van der Waals surface area contributed by atoms with Crippen LogP contribution >= 0.6 is 11.3 Å². The van der Waals surface area contributed by atoms with Gasteiger partial charge in [-0.05, 0) is 27.2 Å². The molecule has 124 valence electrons. The van der Waals surface area contributed by atoms with E-state index in [1.165, 1.54) is 11.3 Å². The van der Waals surface area contributed by atoms with Crippen molar-refractivity contribution in [2.24, 2.45) is 5.41 Å². The molecular weight excluding hydrogens is 298 g/mol. The van der Waals surface area contributed by atoms with Crippen molar-refractivity contribution in [2.75, 3.05) is 11.9 Å². The Morgan fingerprint density at radius 3 is 2.32 bits per heavy atom. The molecule has 1 N–H and O–H groups in total. The summed E-state index contributed by atoms with van der Waals surface area (Å²) in [6, 6.07) is 0.0252. The number of aryl methyl sites for hydroxylation is 2. The van der Waals surface area contributed by atoms with Crippen LogP contribution in [0.25, 0.3) is 0 Å². The van der Waals surface area contributed by atoms with Gasteiger partial charge in [0, 0.05) is 16.3 Å². The van der Waals surface area contributed by atoms with Crippen LogP contribution in [0.1, 0.15) is 51.6 Å². The molecule has 0 aliphatic carbocycles. The predicted octanol–water partition coefficient (Wildman–Crippen LogP) is 3.37. The first-order chi connectivity index (χ1) is 10.1. The maximum atomic E-state index is 12.5. The summed E-state index contributed by atoms with van der Waals surface area (Å²) in [5, 5.41) is 3.38. The maximum absolute atomic E-state index is 12.5. The van der Waals surface area contributed by atoms with Crippen LogP contribution in [0.5, 0.6) is 0 Å². The van der Waals surface area contributed by atoms with E-state index < -0.39 is 5.41 Å². The molecule has 0 bridgehead atoms. The molecule has 1 aromatic rings. The third kappa shape index (κ3) is 4.80. The van der Waals surface area contributed by atoms with E-state index >= 15 is 0 Å². The third-order valence-electron chi connectivity index (χ3n) is 3.61. The molecule has 1 unspecified atom stereocenters. The zero-order chi connectivity index (χ0) is 17.1. The van der Waals surface area contributed by atoms with Gasteiger partial charge >= 0.3 is 0 Å². The van der Waals surface area contributed by atoms with Gasteiger partial charge in [-0.1, -0.05) is 27.7 Å². The molecule has 0 aliphatic heterocycles. The lowest BCUT2D eigenvalue weighted by Crippen LogP contribution is -2.48. The van der Waals surface area contributed by atoms with Crippen LogP contribution in [0.15, 0.2) is 0 Å². The number of amides is 2. The number of nitrogens with zero attached hydrogens (tertiary/aromatic N) is 2. The number of hydrogen-bond donors (Lipinski definition) is 1. The summed E-state index contributed by atoms with van der Waals surface area (Å²) < 4.78 is 0. The average molecular weight is 325 g/mol. The quantitative estimate of drug-likeness (QED) is 0.903. The SMILES string of the molecule is CCC(C)N(CC(=O)Nc1nc(C)c(C)s1)C(=O)C(C)(C)C. The number of thiazole rings is 1. The number of anilines is 1. The normalized spacial score (nSPS) is 12.9. The summed E-state index contributed by atoms with van der Waals surface area (Å²) in [5.74, 6) is -0.213. The van der Waals surface area contributed by atoms with Crippen LogP contribution in [0.2, 0.25) is 0 Å². The van der Waals surface area contributed by atoms with E-state index in [-0.39, 0.29) is 24.4 Å². The summed E-state index contributed by atoms with van der Waals surface area (Å²) in [7, 11) is 0. The fourth-order valence-electron chi connectivity index (χ4n) is 1.92. The average Bonchev–Trinajstić information content (AvgIpc) is 2.71. The van der Waals surface area contributed by atoms with E-state index in [0.717, 1.165) is 17.0 Å². The molecule has 0 spiro atoms. The van der Waals surface area contributed by atoms with Gasteiger partial charge in [-0.25, -0.2) is 4.98 Å². The summed E-state index contributed by atoms with van der Waals surface area (Å²) in [4.78, 5) is 31.8. The Kier molecular flexibility index (Phi) is 6.11. The van der Waals surface area contributed by atoms with Crippen LogP contribution in [0.3, 0.4) is 0 Å². The maximum Gasteiger partial charge on any atom is 0.245 e. The summed E-state index contributed by atoms with van der Waals surface area (Å²) in [6.07, 6.45) is 0.810. The fraction of sp³-hybridized carbons (Fsp3) is 0.688. The summed E-state index contributed by atoms with van der Waals surface area (Å²) in [5.41, 5.74) is 0.419. The van der Waals surface area contributed by atoms with Gasteiger partial charge in [0.2, 0.25) is 11.8 Å². The van der Waals surface area contributed by atoms with E-state index in [0.29, 0.717) is 5.13 Å². The molecule has 2 amide bonds. The van der Waals surface area contributed by atoms with Crippen LogP contribution in [-0.2, 0) is 9.59 Å². The van der Waals surface area contributed by atoms with Gasteiger partial charge in [-0.15, -0.1) is 11.3 Å². The first-order valence-electron chi connectivity index (χ1n) is 7.61. The molecule has 5 nitrogen and oxygen atoms in total. The highest BCUT2D eigenvalue weighted by Gasteiger charge is 2.31. The molecule has 0 aliphatic rings. The molecule has 0 saturated carbocycles. The molecule has 1 heterocycles. The second kappa shape index (κ2) is 7.22. The minimum atomic E-state index is -0.502. The van der Waals surface area contributed by atoms with Crippen molar-refractivity contribution in [1.29, 1.82) is 0 Å². The van der Waals surface area contributed by atoms with Crippen molar-refractivity contribution in [2.45, 2.75) is 60.9 Å². The first-order valence-corrected chi connectivity index (χ1v) is 8.42. The Balaban J connectivity index is 2.81. The highest BCUT2D eigenvalue weighted by Crippen LogP contribution is 2.22. The van der Waals surface area contributed by atoms with Crippen LogP contribution in [-0.4, -0.2) is 34.3 Å². The summed E-state index contributed by atoms with van der Waals surface area (Å²) in [6.45, 7) is 13.5. The Morgan fingerprint density at radius 1 is 1.32 bits per heavy atom. The zero-order valence-electron chi connectivity index (χ0n) is 14.6. The van der Waals surface area contributed by atoms with Crippen molar-refractivity contribution in [3.63, 3.8) is 0 Å². The van der Waals surface area contributed by atoms with Crippen LogP contribution < -0.4 is 5.32 Å². The standard InChI is InChI=1S/C16H27N3O2S/c1-8-10(2)19(14(21)16(5,6)7)9-13(20)18-15-17-11(3)12(4)22-15/h10H,8-9H2,1-7H3,(H,17,18,20). The van der Waals surface area contributed by atoms with Gasteiger partial charge in [-0.2, -0.15) is 0 Å². The van der Waals surface area contributed by atoms with Gasteiger partial charge in [-0.3, -0.25) is 9.59 Å². The minimum absolute atomic E-state index is 0.0106. The lowest BCUT2D eigenvalue weighted by Gasteiger charge is -2.33. The fourth-order valence-corrected chi connectivity index (χ4v) is 2.75. The van der Waals surface area contributed by atoms with Gasteiger partial charge in [0.1, 0.15) is 6.54 Å². The lowest BCUT2D eigenvalue weighted by atomic mass is 9.93. The lowest BCUT2D eigenvalue weighted by molar-refractivity contribution is -0.144. The van der Waals surface area contributed by atoms with Gasteiger partial charge in [0.05, 0.1) is 5.69 Å². The molecule has 22 heavy (non-hydrogen) atoms. The number of nitrogens with one attached hydrogen (secondary N) is 1. The number of aromatic nitrogens is 1. The highest BCUT2D eigenvalue weighted by molar-refractivity contribution is 7.15. The van der Waals surface area contributed by atoms with Gasteiger partial charge in [0.25, 0.3) is 0 Å². The molecular formula is C16H27N3O2S. The molecule has 0 radical (unpaired) electrons.